The topological polar surface area (TPSA) is 26.7 Å². The van der Waals surface area contributed by atoms with Crippen molar-refractivity contribution in [2.45, 2.75) is 76.3 Å². The highest BCUT2D eigenvalue weighted by atomic mass is 16.3. The molecule has 1 aliphatic heterocycles. The molecule has 3 fully saturated rings. The number of hydrogen-bond donors (Lipinski definition) is 1. The summed E-state index contributed by atoms with van der Waals surface area (Å²) in [5, 5.41) is 10.1. The molecule has 2 saturated carbocycles. The second-order valence-electron chi connectivity index (χ2n) is 9.52. The predicted molar refractivity (Wildman–Crippen MR) is 112 cm³/mol. The SMILES string of the molecule is CCC1CCN(C2CCC(c3cccc(O)c3)(N(C)CC3CC3)CC2)CC1. The molecule has 3 aliphatic rings. The van der Waals surface area contributed by atoms with E-state index in [4.69, 9.17) is 0 Å². The molecule has 0 radical (unpaired) electrons. The minimum Gasteiger partial charge on any atom is -0.508 e. The fraction of sp³-hybridized carbons (Fsp3) is 0.750. The van der Waals surface area contributed by atoms with Crippen LogP contribution >= 0.6 is 0 Å². The van der Waals surface area contributed by atoms with Crippen molar-refractivity contribution in [2.75, 3.05) is 26.7 Å². The van der Waals surface area contributed by atoms with Gasteiger partial charge < -0.3 is 10.0 Å². The maximum absolute atomic E-state index is 10.1. The minimum atomic E-state index is 0.111. The van der Waals surface area contributed by atoms with Crippen LogP contribution in [0.25, 0.3) is 0 Å². The van der Waals surface area contributed by atoms with E-state index in [0.717, 1.165) is 17.9 Å². The van der Waals surface area contributed by atoms with Gasteiger partial charge in [-0.15, -0.1) is 0 Å². The molecule has 0 aromatic heterocycles. The van der Waals surface area contributed by atoms with Crippen molar-refractivity contribution in [1.82, 2.24) is 9.80 Å². The smallest absolute Gasteiger partial charge is 0.115 e. The van der Waals surface area contributed by atoms with Gasteiger partial charge in [0, 0.05) is 18.1 Å². The molecule has 3 nitrogen and oxygen atoms in total. The van der Waals surface area contributed by atoms with Crippen LogP contribution in [0.2, 0.25) is 0 Å². The Hall–Kier alpha value is -1.06. The molecule has 1 N–H and O–H groups in total. The second-order valence-corrected chi connectivity index (χ2v) is 9.52. The summed E-state index contributed by atoms with van der Waals surface area (Å²) in [4.78, 5) is 5.43. The van der Waals surface area contributed by atoms with Crippen LogP contribution in [0.3, 0.4) is 0 Å². The van der Waals surface area contributed by atoms with Gasteiger partial charge in [-0.2, -0.15) is 0 Å². The maximum atomic E-state index is 10.1. The van der Waals surface area contributed by atoms with Crippen LogP contribution < -0.4 is 0 Å². The first-order valence-corrected chi connectivity index (χ1v) is 11.4. The standard InChI is InChI=1S/C24H38N2O/c1-3-19-11-15-26(16-12-19)22-9-13-24(14-10-22,25(2)18-20-7-8-20)21-5-4-6-23(27)17-21/h4-6,17,19-20,22,27H,3,7-16,18H2,1-2H3. The molecule has 1 heterocycles. The van der Waals surface area contributed by atoms with Crippen molar-refractivity contribution in [1.29, 1.82) is 0 Å². The Balaban J connectivity index is 1.46. The number of phenols is 1. The van der Waals surface area contributed by atoms with Crippen LogP contribution in [0, 0.1) is 11.8 Å². The molecular weight excluding hydrogens is 332 g/mol. The number of hydrogen-bond acceptors (Lipinski definition) is 3. The average Bonchev–Trinajstić information content (AvgIpc) is 3.52. The third-order valence-corrected chi connectivity index (χ3v) is 7.87. The highest BCUT2D eigenvalue weighted by Crippen LogP contribution is 2.45. The van der Waals surface area contributed by atoms with E-state index in [1.807, 2.05) is 18.2 Å². The summed E-state index contributed by atoms with van der Waals surface area (Å²) in [6.07, 6.45) is 12.0. The van der Waals surface area contributed by atoms with E-state index in [0.29, 0.717) is 5.75 Å². The Morgan fingerprint density at radius 1 is 1.04 bits per heavy atom. The maximum Gasteiger partial charge on any atom is 0.115 e. The largest absolute Gasteiger partial charge is 0.508 e. The normalized spacial score (nSPS) is 30.7. The van der Waals surface area contributed by atoms with Crippen molar-refractivity contribution < 1.29 is 5.11 Å². The quantitative estimate of drug-likeness (QED) is 0.764. The zero-order valence-electron chi connectivity index (χ0n) is 17.4. The molecule has 27 heavy (non-hydrogen) atoms. The molecule has 0 spiro atoms. The lowest BCUT2D eigenvalue weighted by atomic mass is 9.73. The summed E-state index contributed by atoms with van der Waals surface area (Å²) < 4.78 is 0. The molecule has 150 valence electrons. The number of likely N-dealkylation sites (tertiary alicyclic amines) is 1. The van der Waals surface area contributed by atoms with Crippen LogP contribution in [0.4, 0.5) is 0 Å². The van der Waals surface area contributed by atoms with E-state index < -0.39 is 0 Å². The molecular formula is C24H38N2O. The number of nitrogens with zero attached hydrogens (tertiary/aromatic N) is 2. The van der Waals surface area contributed by atoms with Crippen LogP contribution in [0.1, 0.15) is 70.3 Å². The van der Waals surface area contributed by atoms with Crippen molar-refractivity contribution in [3.05, 3.63) is 29.8 Å². The zero-order chi connectivity index (χ0) is 18.9. The van der Waals surface area contributed by atoms with Gasteiger partial charge in [0.15, 0.2) is 0 Å². The van der Waals surface area contributed by atoms with Crippen molar-refractivity contribution >= 4 is 0 Å². The average molecular weight is 371 g/mol. The van der Waals surface area contributed by atoms with Gasteiger partial charge in [0.05, 0.1) is 0 Å². The van der Waals surface area contributed by atoms with Crippen LogP contribution in [0.5, 0.6) is 5.75 Å². The van der Waals surface area contributed by atoms with Gasteiger partial charge in [-0.05, 0) is 101 Å². The molecule has 4 rings (SSSR count). The molecule has 1 saturated heterocycles. The van der Waals surface area contributed by atoms with Gasteiger partial charge in [0.25, 0.3) is 0 Å². The molecule has 0 atom stereocenters. The highest BCUT2D eigenvalue weighted by Gasteiger charge is 2.43. The number of phenolic OH excluding ortho intramolecular Hbond substituents is 1. The van der Waals surface area contributed by atoms with E-state index in [2.05, 4.69) is 29.8 Å². The van der Waals surface area contributed by atoms with Gasteiger partial charge in [-0.3, -0.25) is 4.90 Å². The second kappa shape index (κ2) is 8.13. The lowest BCUT2D eigenvalue weighted by molar-refractivity contribution is 0.0205. The monoisotopic (exact) mass is 370 g/mol. The molecule has 2 aliphatic carbocycles. The molecule has 0 amide bonds. The zero-order valence-corrected chi connectivity index (χ0v) is 17.4. The lowest BCUT2D eigenvalue weighted by Gasteiger charge is -2.50. The van der Waals surface area contributed by atoms with Crippen LogP contribution in [-0.4, -0.2) is 47.6 Å². The van der Waals surface area contributed by atoms with Crippen LogP contribution in [-0.2, 0) is 5.54 Å². The fourth-order valence-corrected chi connectivity index (χ4v) is 5.72. The Morgan fingerprint density at radius 3 is 2.33 bits per heavy atom. The van der Waals surface area contributed by atoms with Crippen LogP contribution in [0.15, 0.2) is 24.3 Å². The first kappa shape index (κ1) is 19.3. The van der Waals surface area contributed by atoms with Crippen molar-refractivity contribution in [3.63, 3.8) is 0 Å². The summed E-state index contributed by atoms with van der Waals surface area (Å²) in [5.41, 5.74) is 1.44. The minimum absolute atomic E-state index is 0.111. The molecule has 0 bridgehead atoms. The number of rotatable bonds is 6. The number of piperidine rings is 1. The van der Waals surface area contributed by atoms with Crippen molar-refractivity contribution in [3.8, 4) is 5.75 Å². The Labute approximate surface area is 165 Å². The molecule has 1 aromatic rings. The molecule has 0 unspecified atom stereocenters. The highest BCUT2D eigenvalue weighted by molar-refractivity contribution is 5.33. The summed E-state index contributed by atoms with van der Waals surface area (Å²) in [7, 11) is 2.33. The van der Waals surface area contributed by atoms with E-state index in [9.17, 15) is 5.11 Å². The molecule has 3 heteroatoms. The predicted octanol–water partition coefficient (Wildman–Crippen LogP) is 4.99. The number of benzene rings is 1. The Bertz CT molecular complexity index is 611. The van der Waals surface area contributed by atoms with Gasteiger partial charge in [-0.25, -0.2) is 0 Å². The van der Waals surface area contributed by atoms with E-state index in [1.165, 1.54) is 83.0 Å². The molecule has 1 aromatic carbocycles. The summed E-state index contributed by atoms with van der Waals surface area (Å²) in [5.74, 6) is 2.27. The lowest BCUT2D eigenvalue weighted by Crippen LogP contribution is -2.51. The Kier molecular flexibility index (Phi) is 5.80. The summed E-state index contributed by atoms with van der Waals surface area (Å²) in [6.45, 7) is 6.17. The number of aromatic hydroxyl groups is 1. The van der Waals surface area contributed by atoms with Crippen molar-refractivity contribution in [2.24, 2.45) is 11.8 Å². The third-order valence-electron chi connectivity index (χ3n) is 7.87. The van der Waals surface area contributed by atoms with Gasteiger partial charge >= 0.3 is 0 Å². The fourth-order valence-electron chi connectivity index (χ4n) is 5.72. The Morgan fingerprint density at radius 2 is 1.74 bits per heavy atom. The van der Waals surface area contributed by atoms with E-state index in [1.54, 1.807) is 0 Å². The summed E-state index contributed by atoms with van der Waals surface area (Å²) >= 11 is 0. The van der Waals surface area contributed by atoms with Gasteiger partial charge in [-0.1, -0.05) is 25.5 Å². The van der Waals surface area contributed by atoms with Gasteiger partial charge in [0.1, 0.15) is 5.75 Å². The van der Waals surface area contributed by atoms with E-state index >= 15 is 0 Å². The third kappa shape index (κ3) is 4.19. The first-order valence-electron chi connectivity index (χ1n) is 11.4. The van der Waals surface area contributed by atoms with Gasteiger partial charge in [0.2, 0.25) is 0 Å². The van der Waals surface area contributed by atoms with E-state index in [-0.39, 0.29) is 5.54 Å². The first-order chi connectivity index (χ1) is 13.1. The summed E-state index contributed by atoms with van der Waals surface area (Å²) in [6, 6.07) is 8.87.